The van der Waals surface area contributed by atoms with E-state index in [-0.39, 0.29) is 11.3 Å². The second-order valence-corrected chi connectivity index (χ2v) is 7.20. The van der Waals surface area contributed by atoms with Gasteiger partial charge in [-0.15, -0.1) is 0 Å². The number of pyridine rings is 1. The van der Waals surface area contributed by atoms with Gasteiger partial charge in [0.2, 0.25) is 0 Å². The van der Waals surface area contributed by atoms with Crippen molar-refractivity contribution in [1.29, 1.82) is 0 Å². The van der Waals surface area contributed by atoms with E-state index >= 15 is 0 Å². The molecule has 0 aliphatic heterocycles. The van der Waals surface area contributed by atoms with Crippen LogP contribution < -0.4 is 10.6 Å². The fraction of sp³-hybridized carbons (Fsp3) is 0.400. The molecule has 24 heavy (non-hydrogen) atoms. The number of anilines is 2. The summed E-state index contributed by atoms with van der Waals surface area (Å²) < 4.78 is 0. The van der Waals surface area contributed by atoms with Crippen LogP contribution in [0.25, 0.3) is 0 Å². The Morgan fingerprint density at radius 1 is 1.12 bits per heavy atom. The Balaban J connectivity index is 2.08. The van der Waals surface area contributed by atoms with Crippen molar-refractivity contribution in [3.63, 3.8) is 0 Å². The molecule has 1 unspecified atom stereocenters. The number of rotatable bonds is 5. The molecule has 0 bridgehead atoms. The summed E-state index contributed by atoms with van der Waals surface area (Å²) in [5.74, 6) is -0.154. The minimum atomic E-state index is -0.154. The predicted octanol–water partition coefficient (Wildman–Crippen LogP) is 4.84. The van der Waals surface area contributed by atoms with Crippen LogP contribution in [0.15, 0.2) is 42.7 Å². The molecule has 0 fully saturated rings. The predicted molar refractivity (Wildman–Crippen MR) is 101 cm³/mol. The lowest BCUT2D eigenvalue weighted by atomic mass is 9.87. The first kappa shape index (κ1) is 18.0. The number of aromatic nitrogens is 1. The van der Waals surface area contributed by atoms with E-state index in [1.165, 1.54) is 5.56 Å². The maximum absolute atomic E-state index is 12.4. The van der Waals surface area contributed by atoms with E-state index < -0.39 is 0 Å². The van der Waals surface area contributed by atoms with Gasteiger partial charge in [0.1, 0.15) is 0 Å². The molecule has 1 aromatic carbocycles. The van der Waals surface area contributed by atoms with Crippen LogP contribution in [-0.4, -0.2) is 16.9 Å². The highest BCUT2D eigenvalue weighted by Gasteiger charge is 2.14. The SMILES string of the molecule is CCC(C)Nc1cncc(C(=O)Nc2ccc(C(C)(C)C)cc2)c1. The molecule has 1 amide bonds. The Labute approximate surface area is 144 Å². The molecular formula is C20H27N3O. The molecule has 1 aromatic heterocycles. The van der Waals surface area contributed by atoms with Gasteiger partial charge in [0.05, 0.1) is 11.3 Å². The van der Waals surface area contributed by atoms with Crippen LogP contribution in [-0.2, 0) is 5.41 Å². The van der Waals surface area contributed by atoms with Crippen LogP contribution in [0.2, 0.25) is 0 Å². The number of benzene rings is 1. The summed E-state index contributed by atoms with van der Waals surface area (Å²) in [6.07, 6.45) is 4.33. The molecule has 0 spiro atoms. The zero-order valence-corrected chi connectivity index (χ0v) is 15.2. The number of hydrogen-bond donors (Lipinski definition) is 2. The van der Waals surface area contributed by atoms with Crippen molar-refractivity contribution in [3.8, 4) is 0 Å². The van der Waals surface area contributed by atoms with Gasteiger partial charge >= 0.3 is 0 Å². The maximum Gasteiger partial charge on any atom is 0.257 e. The summed E-state index contributed by atoms with van der Waals surface area (Å²) in [6.45, 7) is 10.7. The third-order valence-electron chi connectivity index (χ3n) is 4.03. The summed E-state index contributed by atoms with van der Waals surface area (Å²) >= 11 is 0. The van der Waals surface area contributed by atoms with E-state index in [4.69, 9.17) is 0 Å². The minimum Gasteiger partial charge on any atom is -0.381 e. The van der Waals surface area contributed by atoms with Gasteiger partial charge in [-0.05, 0) is 42.5 Å². The van der Waals surface area contributed by atoms with E-state index in [9.17, 15) is 4.79 Å². The number of hydrogen-bond acceptors (Lipinski definition) is 3. The first-order valence-corrected chi connectivity index (χ1v) is 8.43. The summed E-state index contributed by atoms with van der Waals surface area (Å²) in [7, 11) is 0. The molecule has 2 N–H and O–H groups in total. The average molecular weight is 325 g/mol. The Bertz CT molecular complexity index is 687. The van der Waals surface area contributed by atoms with Crippen molar-refractivity contribution in [2.45, 2.75) is 52.5 Å². The van der Waals surface area contributed by atoms with Crippen LogP contribution in [0.1, 0.15) is 57.0 Å². The Morgan fingerprint density at radius 3 is 2.38 bits per heavy atom. The number of amides is 1. The highest BCUT2D eigenvalue weighted by atomic mass is 16.1. The van der Waals surface area contributed by atoms with Crippen LogP contribution in [0.5, 0.6) is 0 Å². The minimum absolute atomic E-state index is 0.0996. The van der Waals surface area contributed by atoms with Gasteiger partial charge in [0.15, 0.2) is 0 Å². The van der Waals surface area contributed by atoms with Gasteiger partial charge in [-0.1, -0.05) is 39.8 Å². The molecule has 2 rings (SSSR count). The summed E-state index contributed by atoms with van der Waals surface area (Å²) in [6, 6.07) is 10.2. The lowest BCUT2D eigenvalue weighted by Gasteiger charge is -2.19. The van der Waals surface area contributed by atoms with Crippen LogP contribution >= 0.6 is 0 Å². The fourth-order valence-electron chi connectivity index (χ4n) is 2.29. The van der Waals surface area contributed by atoms with Crippen molar-refractivity contribution < 1.29 is 4.79 Å². The zero-order valence-electron chi connectivity index (χ0n) is 15.2. The molecule has 1 atom stereocenters. The first-order valence-electron chi connectivity index (χ1n) is 8.43. The largest absolute Gasteiger partial charge is 0.381 e. The highest BCUT2D eigenvalue weighted by Crippen LogP contribution is 2.23. The number of nitrogens with one attached hydrogen (secondary N) is 2. The van der Waals surface area contributed by atoms with Gasteiger partial charge in [-0.25, -0.2) is 0 Å². The molecule has 4 nitrogen and oxygen atoms in total. The lowest BCUT2D eigenvalue weighted by molar-refractivity contribution is 0.102. The molecule has 1 heterocycles. The van der Waals surface area contributed by atoms with Gasteiger partial charge in [0, 0.05) is 24.1 Å². The van der Waals surface area contributed by atoms with E-state index in [1.807, 2.05) is 18.2 Å². The van der Waals surface area contributed by atoms with Gasteiger partial charge in [-0.2, -0.15) is 0 Å². The zero-order chi connectivity index (χ0) is 17.7. The molecule has 0 radical (unpaired) electrons. The normalized spacial score (nSPS) is 12.5. The average Bonchev–Trinajstić information content (AvgIpc) is 2.54. The third kappa shape index (κ3) is 4.82. The van der Waals surface area contributed by atoms with E-state index in [0.717, 1.165) is 17.8 Å². The monoisotopic (exact) mass is 325 g/mol. The van der Waals surface area contributed by atoms with Crippen molar-refractivity contribution in [2.24, 2.45) is 0 Å². The molecule has 128 valence electrons. The summed E-state index contributed by atoms with van der Waals surface area (Å²) in [5, 5.41) is 6.26. The van der Waals surface area contributed by atoms with Crippen LogP contribution in [0.4, 0.5) is 11.4 Å². The number of nitrogens with zero attached hydrogens (tertiary/aromatic N) is 1. The van der Waals surface area contributed by atoms with E-state index in [1.54, 1.807) is 12.4 Å². The lowest BCUT2D eigenvalue weighted by Crippen LogP contribution is -2.16. The first-order chi connectivity index (χ1) is 11.3. The highest BCUT2D eigenvalue weighted by molar-refractivity contribution is 6.04. The standard InChI is InChI=1S/C20H27N3O/c1-6-14(2)22-18-11-15(12-21-13-18)19(24)23-17-9-7-16(8-10-17)20(3,4)5/h7-14,22H,6H2,1-5H3,(H,23,24). The van der Waals surface area contributed by atoms with Crippen molar-refractivity contribution in [1.82, 2.24) is 4.98 Å². The number of carbonyl (C=O) groups excluding carboxylic acids is 1. The Hall–Kier alpha value is -2.36. The quantitative estimate of drug-likeness (QED) is 0.827. The third-order valence-corrected chi connectivity index (χ3v) is 4.03. The smallest absolute Gasteiger partial charge is 0.257 e. The van der Waals surface area contributed by atoms with Gasteiger partial charge in [-0.3, -0.25) is 9.78 Å². The number of carbonyl (C=O) groups is 1. The fourth-order valence-corrected chi connectivity index (χ4v) is 2.29. The second-order valence-electron chi connectivity index (χ2n) is 7.20. The molecule has 0 aliphatic rings. The van der Waals surface area contributed by atoms with Crippen LogP contribution in [0.3, 0.4) is 0 Å². The van der Waals surface area contributed by atoms with Crippen LogP contribution in [0, 0.1) is 0 Å². The molecule has 0 saturated carbocycles. The molecule has 0 saturated heterocycles. The Kier molecular flexibility index (Phi) is 5.60. The van der Waals surface area contributed by atoms with Gasteiger partial charge < -0.3 is 10.6 Å². The summed E-state index contributed by atoms with van der Waals surface area (Å²) in [5.41, 5.74) is 3.53. The molecule has 2 aromatic rings. The summed E-state index contributed by atoms with van der Waals surface area (Å²) in [4.78, 5) is 16.6. The second kappa shape index (κ2) is 7.47. The van der Waals surface area contributed by atoms with E-state index in [0.29, 0.717) is 11.6 Å². The maximum atomic E-state index is 12.4. The Morgan fingerprint density at radius 2 is 1.79 bits per heavy atom. The van der Waals surface area contributed by atoms with E-state index in [2.05, 4.69) is 62.4 Å². The molecular weight excluding hydrogens is 298 g/mol. The topological polar surface area (TPSA) is 54.0 Å². The van der Waals surface area contributed by atoms with Gasteiger partial charge in [0.25, 0.3) is 5.91 Å². The van der Waals surface area contributed by atoms with Crippen molar-refractivity contribution >= 4 is 17.3 Å². The van der Waals surface area contributed by atoms with Crippen molar-refractivity contribution in [3.05, 3.63) is 53.9 Å². The molecule has 0 aliphatic carbocycles. The van der Waals surface area contributed by atoms with Crippen molar-refractivity contribution in [2.75, 3.05) is 10.6 Å². The molecule has 4 heteroatoms.